The number of benzene rings is 3. The number of likely N-dealkylation sites (tertiary alicyclic amines) is 1. The third kappa shape index (κ3) is 2.36. The molecule has 3 N–H and O–H groups in total. The number of rotatable bonds is 3. The van der Waals surface area contributed by atoms with Gasteiger partial charge in [0.05, 0.1) is 16.7 Å². The summed E-state index contributed by atoms with van der Waals surface area (Å²) in [6.07, 6.45) is 2.80. The average Bonchev–Trinajstić information content (AvgIpc) is 3.41. The van der Waals surface area contributed by atoms with Crippen molar-refractivity contribution in [2.24, 2.45) is 0 Å². The third-order valence-electron chi connectivity index (χ3n) is 9.41. The fourth-order valence-electron chi connectivity index (χ4n) is 7.91. The molecule has 1 fully saturated rings. The molecule has 2 aliphatic carbocycles. The molecule has 5 nitrogen and oxygen atoms in total. The minimum atomic E-state index is -0.976. The number of hydrogen-bond donors (Lipinski definition) is 3. The normalized spacial score (nSPS) is 30.1. The number of aromatic hydroxyl groups is 1. The lowest BCUT2D eigenvalue weighted by Crippen LogP contribution is -2.74. The van der Waals surface area contributed by atoms with Crippen molar-refractivity contribution in [3.63, 3.8) is 0 Å². The number of ether oxygens (including phenoxy) is 1. The second-order valence-corrected chi connectivity index (χ2v) is 10.8. The Morgan fingerprint density at radius 2 is 1.86 bits per heavy atom. The van der Waals surface area contributed by atoms with Crippen LogP contribution in [0.1, 0.15) is 40.5 Å². The molecule has 3 aromatic carbocycles. The van der Waals surface area contributed by atoms with Crippen LogP contribution >= 0.6 is 0 Å². The Balaban J connectivity index is 1.31. The molecule has 0 amide bonds. The number of phenols is 1. The summed E-state index contributed by atoms with van der Waals surface area (Å²) in [6.45, 7) is 1.82. The summed E-state index contributed by atoms with van der Waals surface area (Å²) in [6, 6.07) is 22.8. The summed E-state index contributed by atoms with van der Waals surface area (Å²) in [7, 11) is 0. The Morgan fingerprint density at radius 3 is 2.74 bits per heavy atom. The number of aromatic amines is 1. The van der Waals surface area contributed by atoms with Crippen LogP contribution < -0.4 is 4.74 Å². The van der Waals surface area contributed by atoms with E-state index in [0.717, 1.165) is 60.1 Å². The highest BCUT2D eigenvalue weighted by molar-refractivity contribution is 5.86. The molecule has 2 aliphatic heterocycles. The molecule has 5 heteroatoms. The second kappa shape index (κ2) is 6.68. The van der Waals surface area contributed by atoms with E-state index in [0.29, 0.717) is 12.2 Å². The number of phenolic OH excluding ortho intramolecular Hbond substituents is 1. The van der Waals surface area contributed by atoms with E-state index in [9.17, 15) is 10.2 Å². The van der Waals surface area contributed by atoms with Crippen LogP contribution in [-0.4, -0.2) is 44.8 Å². The van der Waals surface area contributed by atoms with E-state index in [-0.39, 0.29) is 17.9 Å². The molecule has 2 bridgehead atoms. The Kier molecular flexibility index (Phi) is 3.81. The van der Waals surface area contributed by atoms with Crippen LogP contribution in [0.15, 0.2) is 66.7 Å². The summed E-state index contributed by atoms with van der Waals surface area (Å²) < 4.78 is 6.64. The molecular formula is C30H28N2O3. The largest absolute Gasteiger partial charge is 0.504 e. The fraction of sp³-hybridized carbons (Fsp3) is 0.333. The van der Waals surface area contributed by atoms with Crippen molar-refractivity contribution in [1.82, 2.24) is 9.88 Å². The van der Waals surface area contributed by atoms with E-state index >= 15 is 0 Å². The van der Waals surface area contributed by atoms with Gasteiger partial charge in [-0.25, -0.2) is 0 Å². The predicted molar refractivity (Wildman–Crippen MR) is 134 cm³/mol. The molecule has 4 aliphatic rings. The van der Waals surface area contributed by atoms with Gasteiger partial charge in [0.1, 0.15) is 0 Å². The summed E-state index contributed by atoms with van der Waals surface area (Å²) in [4.78, 5) is 6.16. The van der Waals surface area contributed by atoms with Gasteiger partial charge in [-0.15, -0.1) is 0 Å². The molecule has 1 spiro atoms. The molecule has 4 atom stereocenters. The van der Waals surface area contributed by atoms with Gasteiger partial charge in [0, 0.05) is 35.5 Å². The van der Waals surface area contributed by atoms with Gasteiger partial charge >= 0.3 is 0 Å². The second-order valence-electron chi connectivity index (χ2n) is 10.8. The first-order valence-electron chi connectivity index (χ1n) is 12.7. The zero-order chi connectivity index (χ0) is 23.4. The summed E-state index contributed by atoms with van der Waals surface area (Å²) >= 11 is 0. The Hall–Kier alpha value is -3.28. The van der Waals surface area contributed by atoms with Crippen molar-refractivity contribution in [2.45, 2.75) is 48.8 Å². The van der Waals surface area contributed by atoms with E-state index in [1.807, 2.05) is 6.07 Å². The van der Waals surface area contributed by atoms with Gasteiger partial charge in [0.25, 0.3) is 0 Å². The predicted octanol–water partition coefficient (Wildman–Crippen LogP) is 4.41. The molecule has 0 saturated carbocycles. The summed E-state index contributed by atoms with van der Waals surface area (Å²) in [5.41, 5.74) is 5.36. The van der Waals surface area contributed by atoms with E-state index in [2.05, 4.69) is 64.5 Å². The molecule has 4 aromatic rings. The maximum Gasteiger partial charge on any atom is 0.166 e. The van der Waals surface area contributed by atoms with E-state index in [1.165, 1.54) is 11.1 Å². The van der Waals surface area contributed by atoms with Crippen LogP contribution in [0.4, 0.5) is 0 Å². The van der Waals surface area contributed by atoms with Crippen molar-refractivity contribution in [1.29, 1.82) is 0 Å². The number of aliphatic hydroxyl groups is 1. The number of hydrogen-bond acceptors (Lipinski definition) is 4. The maximum atomic E-state index is 12.9. The quantitative estimate of drug-likeness (QED) is 0.420. The lowest BCUT2D eigenvalue weighted by atomic mass is 9.49. The zero-order valence-corrected chi connectivity index (χ0v) is 19.5. The summed E-state index contributed by atoms with van der Waals surface area (Å²) in [5.74, 6) is 0.756. The standard InChI is InChI=1S/C30H28N2O3/c33-23-11-10-19-16-24-30(34)17-21-20-8-4-5-9-22(20)31-26(21)28-29(30,25(19)27(23)35-28)13-15-32(24)14-12-18-6-2-1-3-7-18/h1-11,24,28,31,33-34H,12-17H2/t24-,28-,29-,30+/m0/s1. The molecular weight excluding hydrogens is 436 g/mol. The minimum Gasteiger partial charge on any atom is -0.504 e. The number of nitrogens with one attached hydrogen (secondary N) is 1. The number of piperidine rings is 1. The number of para-hydroxylation sites is 1. The highest BCUT2D eigenvalue weighted by atomic mass is 16.5. The average molecular weight is 465 g/mol. The molecule has 1 saturated heterocycles. The van der Waals surface area contributed by atoms with Crippen LogP contribution in [0.25, 0.3) is 10.9 Å². The van der Waals surface area contributed by atoms with Crippen molar-refractivity contribution < 1.29 is 14.9 Å². The smallest absolute Gasteiger partial charge is 0.166 e. The highest BCUT2D eigenvalue weighted by Gasteiger charge is 2.72. The molecule has 3 heterocycles. The maximum absolute atomic E-state index is 12.9. The van der Waals surface area contributed by atoms with Gasteiger partial charge in [0.15, 0.2) is 17.6 Å². The first-order valence-corrected chi connectivity index (χ1v) is 12.7. The number of fused-ring (bicyclic) bond motifs is 4. The van der Waals surface area contributed by atoms with Crippen molar-refractivity contribution >= 4 is 10.9 Å². The molecule has 1 aromatic heterocycles. The van der Waals surface area contributed by atoms with Gasteiger partial charge in [-0.1, -0.05) is 54.6 Å². The van der Waals surface area contributed by atoms with Crippen LogP contribution in [0.3, 0.4) is 0 Å². The van der Waals surface area contributed by atoms with Gasteiger partial charge in [0.2, 0.25) is 0 Å². The molecule has 176 valence electrons. The Morgan fingerprint density at radius 1 is 1.03 bits per heavy atom. The number of H-pyrrole nitrogens is 1. The van der Waals surface area contributed by atoms with Gasteiger partial charge < -0.3 is 19.9 Å². The van der Waals surface area contributed by atoms with E-state index in [1.54, 1.807) is 6.07 Å². The molecule has 35 heavy (non-hydrogen) atoms. The minimum absolute atomic E-state index is 0.00383. The van der Waals surface area contributed by atoms with Gasteiger partial charge in [-0.05, 0) is 54.6 Å². The van der Waals surface area contributed by atoms with Crippen LogP contribution in [0, 0.1) is 0 Å². The van der Waals surface area contributed by atoms with E-state index < -0.39 is 11.0 Å². The van der Waals surface area contributed by atoms with Crippen molar-refractivity contribution in [3.8, 4) is 11.5 Å². The van der Waals surface area contributed by atoms with Crippen molar-refractivity contribution in [3.05, 3.63) is 94.7 Å². The van der Waals surface area contributed by atoms with Crippen LogP contribution in [0.5, 0.6) is 11.5 Å². The zero-order valence-electron chi connectivity index (χ0n) is 19.5. The monoisotopic (exact) mass is 464 g/mol. The lowest BCUT2D eigenvalue weighted by Gasteiger charge is -2.62. The molecule has 8 rings (SSSR count). The van der Waals surface area contributed by atoms with Crippen molar-refractivity contribution in [2.75, 3.05) is 13.1 Å². The topological polar surface area (TPSA) is 68.7 Å². The van der Waals surface area contributed by atoms with Gasteiger partial charge in [-0.2, -0.15) is 0 Å². The molecule has 0 radical (unpaired) electrons. The number of nitrogens with zero attached hydrogens (tertiary/aromatic N) is 1. The van der Waals surface area contributed by atoms with E-state index in [4.69, 9.17) is 4.74 Å². The first kappa shape index (κ1) is 20.0. The van der Waals surface area contributed by atoms with Crippen LogP contribution in [-0.2, 0) is 24.7 Å². The molecule has 0 unspecified atom stereocenters. The lowest BCUT2D eigenvalue weighted by molar-refractivity contribution is -0.172. The first-order chi connectivity index (χ1) is 17.1. The third-order valence-corrected chi connectivity index (χ3v) is 9.41. The summed E-state index contributed by atoms with van der Waals surface area (Å²) in [5, 5.41) is 24.9. The number of aromatic nitrogens is 1. The van der Waals surface area contributed by atoms with Gasteiger partial charge in [-0.3, -0.25) is 4.90 Å². The van der Waals surface area contributed by atoms with Crippen LogP contribution in [0.2, 0.25) is 0 Å². The SMILES string of the molecule is Oc1ccc2c3c1O[C@H]1c4[nH]c5ccccc5c4C[C@@]4(O)[C@H](C2)N(CCc2ccccc2)CC[C@]314. The Bertz CT molecular complexity index is 1490. The highest BCUT2D eigenvalue weighted by Crippen LogP contribution is 2.68. The fourth-order valence-corrected chi connectivity index (χ4v) is 7.91. The Labute approximate surface area is 204 Å².